The van der Waals surface area contributed by atoms with Crippen molar-refractivity contribution in [1.82, 2.24) is 0 Å². The van der Waals surface area contributed by atoms with Crippen LogP contribution >= 0.6 is 0 Å². The monoisotopic (exact) mass is 449 g/mol. The van der Waals surface area contributed by atoms with Crippen molar-refractivity contribution in [3.63, 3.8) is 0 Å². The van der Waals surface area contributed by atoms with Gasteiger partial charge in [-0.2, -0.15) is 0 Å². The van der Waals surface area contributed by atoms with Crippen molar-refractivity contribution in [2.24, 2.45) is 5.92 Å². The molecule has 0 aromatic rings. The van der Waals surface area contributed by atoms with E-state index in [4.69, 9.17) is 0 Å². The third-order valence-electron chi connectivity index (χ3n) is 7.31. The van der Waals surface area contributed by atoms with Crippen LogP contribution in [0.15, 0.2) is 12.2 Å². The second-order valence-electron chi connectivity index (χ2n) is 10.6. The summed E-state index contributed by atoms with van der Waals surface area (Å²) in [6.45, 7) is 6.92. The smallest absolute Gasteiger partial charge is 0.0351 e. The summed E-state index contributed by atoms with van der Waals surface area (Å²) in [5.74, 6) is 1.02. The molecule has 0 aromatic carbocycles. The minimum Gasteiger partial charge on any atom is -0.0885 e. The van der Waals surface area contributed by atoms with Crippen LogP contribution in [-0.2, 0) is 0 Å². The first-order valence-electron chi connectivity index (χ1n) is 15.5. The fourth-order valence-corrected chi connectivity index (χ4v) is 5.01. The second-order valence-corrected chi connectivity index (χ2v) is 10.6. The Balaban J connectivity index is 3.90. The molecular weight excluding hydrogens is 384 g/mol. The normalized spacial score (nSPS) is 11.9. The summed E-state index contributed by atoms with van der Waals surface area (Å²) in [6.07, 6.45) is 42.4. The van der Waals surface area contributed by atoms with Crippen LogP contribution in [0.5, 0.6) is 0 Å². The lowest BCUT2D eigenvalue weighted by Crippen LogP contribution is -2.01. The number of hydrogen-bond acceptors (Lipinski definition) is 0. The van der Waals surface area contributed by atoms with Crippen molar-refractivity contribution in [3.8, 4) is 0 Å². The zero-order valence-electron chi connectivity index (χ0n) is 23.1. The molecule has 0 radical (unpaired) electrons. The molecule has 0 unspecified atom stereocenters. The Labute approximate surface area is 205 Å². The Kier molecular flexibility index (Phi) is 28.5. The third kappa shape index (κ3) is 26.0. The van der Waals surface area contributed by atoms with E-state index < -0.39 is 0 Å². The first kappa shape index (κ1) is 31.7. The van der Waals surface area contributed by atoms with Gasteiger partial charge >= 0.3 is 0 Å². The average Bonchev–Trinajstić information content (AvgIpc) is 2.80. The molecule has 0 aliphatic rings. The topological polar surface area (TPSA) is 0 Å². The van der Waals surface area contributed by atoms with Gasteiger partial charge in [-0.1, -0.05) is 174 Å². The summed E-state index contributed by atoms with van der Waals surface area (Å²) >= 11 is 0. The molecule has 32 heavy (non-hydrogen) atoms. The van der Waals surface area contributed by atoms with Gasteiger partial charge in [-0.25, -0.2) is 0 Å². The van der Waals surface area contributed by atoms with Gasteiger partial charge in [0, 0.05) is 0 Å². The molecule has 0 spiro atoms. The van der Waals surface area contributed by atoms with E-state index in [-0.39, 0.29) is 0 Å². The average molecular weight is 449 g/mol. The Bertz CT molecular complexity index is 322. The van der Waals surface area contributed by atoms with E-state index in [1.807, 2.05) is 0 Å². The lowest BCUT2D eigenvalue weighted by Gasteiger charge is -2.17. The summed E-state index contributed by atoms with van der Waals surface area (Å²) < 4.78 is 0. The molecule has 0 N–H and O–H groups in total. The van der Waals surface area contributed by atoms with Crippen LogP contribution in [0, 0.1) is 5.92 Å². The molecule has 0 atom stereocenters. The highest BCUT2D eigenvalue weighted by Gasteiger charge is 2.08. The summed E-state index contributed by atoms with van der Waals surface area (Å²) in [7, 11) is 0. The molecule has 0 rings (SSSR count). The van der Waals surface area contributed by atoms with Gasteiger partial charge in [0.05, 0.1) is 0 Å². The molecule has 0 heterocycles. The quantitative estimate of drug-likeness (QED) is 0.0865. The molecule has 0 amide bonds. The predicted octanol–water partition coefficient (Wildman–Crippen LogP) is 12.4. The third-order valence-corrected chi connectivity index (χ3v) is 7.31. The van der Waals surface area contributed by atoms with E-state index in [9.17, 15) is 0 Å². The van der Waals surface area contributed by atoms with Gasteiger partial charge in [0.1, 0.15) is 0 Å². The summed E-state index contributed by atoms with van der Waals surface area (Å²) in [5, 5.41) is 0. The van der Waals surface area contributed by atoms with Crippen molar-refractivity contribution < 1.29 is 0 Å². The minimum absolute atomic E-state index is 1.02. The van der Waals surface area contributed by atoms with E-state index in [0.717, 1.165) is 5.92 Å². The van der Waals surface area contributed by atoms with Gasteiger partial charge in [0.2, 0.25) is 0 Å². The second kappa shape index (κ2) is 28.8. The number of allylic oxidation sites excluding steroid dienone is 2. The molecule has 192 valence electrons. The summed E-state index contributed by atoms with van der Waals surface area (Å²) in [5.41, 5.74) is 0. The van der Waals surface area contributed by atoms with E-state index in [1.54, 1.807) is 0 Å². The van der Waals surface area contributed by atoms with Crippen LogP contribution in [-0.4, -0.2) is 0 Å². The van der Waals surface area contributed by atoms with Crippen LogP contribution in [0.25, 0.3) is 0 Å². The molecular formula is C32H64. The van der Waals surface area contributed by atoms with Crippen molar-refractivity contribution in [3.05, 3.63) is 12.2 Å². The van der Waals surface area contributed by atoms with Crippen molar-refractivity contribution in [1.29, 1.82) is 0 Å². The SMILES string of the molecule is CCCCC/C=C\CCCCC(CCCCCCCCCC)CCCCCCCCCC. The molecule has 0 heteroatoms. The van der Waals surface area contributed by atoms with Crippen LogP contribution in [0.4, 0.5) is 0 Å². The summed E-state index contributed by atoms with van der Waals surface area (Å²) in [6, 6.07) is 0. The maximum absolute atomic E-state index is 2.46. The van der Waals surface area contributed by atoms with Crippen LogP contribution in [0.3, 0.4) is 0 Å². The highest BCUT2D eigenvalue weighted by atomic mass is 14.1. The van der Waals surface area contributed by atoms with Crippen molar-refractivity contribution >= 4 is 0 Å². The Morgan fingerprint density at radius 2 is 0.625 bits per heavy atom. The largest absolute Gasteiger partial charge is 0.0885 e. The van der Waals surface area contributed by atoms with E-state index in [1.165, 1.54) is 167 Å². The fraction of sp³-hybridized carbons (Fsp3) is 0.938. The van der Waals surface area contributed by atoms with Gasteiger partial charge in [-0.15, -0.1) is 0 Å². The summed E-state index contributed by atoms with van der Waals surface area (Å²) in [4.78, 5) is 0. The van der Waals surface area contributed by atoms with E-state index in [2.05, 4.69) is 32.9 Å². The highest BCUT2D eigenvalue weighted by molar-refractivity contribution is 4.81. The maximum Gasteiger partial charge on any atom is -0.0351 e. The highest BCUT2D eigenvalue weighted by Crippen LogP contribution is 2.24. The Morgan fingerprint density at radius 3 is 1.03 bits per heavy atom. The van der Waals surface area contributed by atoms with Gasteiger partial charge in [-0.3, -0.25) is 0 Å². The number of unbranched alkanes of at least 4 members (excludes halogenated alkanes) is 19. The van der Waals surface area contributed by atoms with Crippen LogP contribution in [0.2, 0.25) is 0 Å². The lowest BCUT2D eigenvalue weighted by molar-refractivity contribution is 0.368. The molecule has 0 saturated carbocycles. The zero-order chi connectivity index (χ0) is 23.4. The molecule has 0 fully saturated rings. The minimum atomic E-state index is 1.02. The molecule has 0 saturated heterocycles. The molecule has 0 nitrogen and oxygen atoms in total. The van der Waals surface area contributed by atoms with Gasteiger partial charge < -0.3 is 0 Å². The maximum atomic E-state index is 2.46. The Morgan fingerprint density at radius 1 is 0.344 bits per heavy atom. The van der Waals surface area contributed by atoms with E-state index >= 15 is 0 Å². The molecule has 0 aliphatic heterocycles. The molecule has 0 aromatic heterocycles. The number of rotatable bonds is 27. The molecule has 0 bridgehead atoms. The zero-order valence-corrected chi connectivity index (χ0v) is 23.1. The van der Waals surface area contributed by atoms with Gasteiger partial charge in [-0.05, 0) is 31.6 Å². The Hall–Kier alpha value is -0.260. The first-order chi connectivity index (χ1) is 15.8. The van der Waals surface area contributed by atoms with E-state index in [0.29, 0.717) is 0 Å². The van der Waals surface area contributed by atoms with Crippen molar-refractivity contribution in [2.75, 3.05) is 0 Å². The van der Waals surface area contributed by atoms with Gasteiger partial charge in [0.15, 0.2) is 0 Å². The predicted molar refractivity (Wildman–Crippen MR) is 150 cm³/mol. The van der Waals surface area contributed by atoms with Crippen molar-refractivity contribution in [2.45, 2.75) is 188 Å². The van der Waals surface area contributed by atoms with Crippen LogP contribution < -0.4 is 0 Å². The van der Waals surface area contributed by atoms with Crippen LogP contribution in [0.1, 0.15) is 188 Å². The lowest BCUT2D eigenvalue weighted by atomic mass is 9.89. The standard InChI is InChI=1S/C32H64/c1-4-7-10-13-16-19-22-25-28-31-32(29-26-23-20-17-14-11-8-5-2)30-27-24-21-18-15-12-9-6-3/h16,19,32H,4-15,17-18,20-31H2,1-3H3/b19-16-. The van der Waals surface area contributed by atoms with Gasteiger partial charge in [0.25, 0.3) is 0 Å². The fourth-order valence-electron chi connectivity index (χ4n) is 5.01. The molecule has 0 aliphatic carbocycles. The number of hydrogen-bond donors (Lipinski definition) is 0. The first-order valence-corrected chi connectivity index (χ1v) is 15.5.